The van der Waals surface area contributed by atoms with Gasteiger partial charge in [-0.3, -0.25) is 14.6 Å². The fourth-order valence-electron chi connectivity index (χ4n) is 4.06. The Morgan fingerprint density at radius 2 is 1.87 bits per heavy atom. The molecule has 1 amide bonds. The summed E-state index contributed by atoms with van der Waals surface area (Å²) in [6.07, 6.45) is 6.13. The fourth-order valence-corrected chi connectivity index (χ4v) is 4.06. The van der Waals surface area contributed by atoms with Crippen molar-refractivity contribution >= 4 is 17.7 Å². The number of aromatic nitrogens is 2. The van der Waals surface area contributed by atoms with Crippen LogP contribution < -0.4 is 0 Å². The molecule has 0 radical (unpaired) electrons. The van der Waals surface area contributed by atoms with Crippen molar-refractivity contribution in [3.8, 4) is 0 Å². The molecule has 2 aromatic heterocycles. The van der Waals surface area contributed by atoms with Gasteiger partial charge in [-0.1, -0.05) is 6.42 Å². The van der Waals surface area contributed by atoms with Gasteiger partial charge in [0.2, 0.25) is 5.91 Å². The number of ether oxygens (including phenoxy) is 1. The van der Waals surface area contributed by atoms with Crippen LogP contribution in [0.4, 0.5) is 0 Å². The summed E-state index contributed by atoms with van der Waals surface area (Å²) < 4.78 is 6.57. The zero-order valence-corrected chi connectivity index (χ0v) is 18.3. The van der Waals surface area contributed by atoms with E-state index in [1.807, 2.05) is 12.1 Å². The van der Waals surface area contributed by atoms with Crippen LogP contribution in [0.2, 0.25) is 0 Å². The third-order valence-corrected chi connectivity index (χ3v) is 6.24. The summed E-state index contributed by atoms with van der Waals surface area (Å²) in [7, 11) is 3.06. The van der Waals surface area contributed by atoms with E-state index in [2.05, 4.69) is 4.98 Å². The van der Waals surface area contributed by atoms with Crippen LogP contribution in [-0.2, 0) is 23.1 Å². The predicted octanol–water partition coefficient (Wildman–Crippen LogP) is 3.22. The number of hydrogen-bond donors (Lipinski definition) is 0. The predicted molar refractivity (Wildman–Crippen MR) is 112 cm³/mol. The largest absolute Gasteiger partial charge is 0.464 e. The van der Waals surface area contributed by atoms with Crippen LogP contribution in [0.15, 0.2) is 24.5 Å². The van der Waals surface area contributed by atoms with Crippen LogP contribution >= 0.6 is 0 Å². The number of carbonyl (C=O) groups excluding carboxylic acids is 3. The molecule has 1 fully saturated rings. The maximum Gasteiger partial charge on any atom is 0.354 e. The minimum absolute atomic E-state index is 0.0124. The van der Waals surface area contributed by atoms with Gasteiger partial charge in [-0.2, -0.15) is 0 Å². The molecule has 0 aliphatic heterocycles. The van der Waals surface area contributed by atoms with Crippen molar-refractivity contribution in [1.29, 1.82) is 0 Å². The number of esters is 1. The number of hydrogen-bond acceptors (Lipinski definition) is 5. The zero-order valence-electron chi connectivity index (χ0n) is 18.3. The maximum atomic E-state index is 13.6. The summed E-state index contributed by atoms with van der Waals surface area (Å²) in [4.78, 5) is 44.6. The highest BCUT2D eigenvalue weighted by Crippen LogP contribution is 2.31. The lowest BCUT2D eigenvalue weighted by Gasteiger charge is -2.35. The molecule has 1 aliphatic carbocycles. The Labute approximate surface area is 177 Å². The van der Waals surface area contributed by atoms with Gasteiger partial charge in [-0.05, 0) is 56.9 Å². The molecule has 0 unspecified atom stereocenters. The highest BCUT2D eigenvalue weighted by molar-refractivity contribution is 6.06. The van der Waals surface area contributed by atoms with Gasteiger partial charge >= 0.3 is 5.97 Å². The highest BCUT2D eigenvalue weighted by Gasteiger charge is 2.36. The van der Waals surface area contributed by atoms with Crippen molar-refractivity contribution < 1.29 is 19.1 Å². The normalized spacial score (nSPS) is 14.7. The van der Waals surface area contributed by atoms with Gasteiger partial charge in [-0.25, -0.2) is 4.79 Å². The second kappa shape index (κ2) is 8.81. The summed E-state index contributed by atoms with van der Waals surface area (Å²) >= 11 is 0. The minimum Gasteiger partial charge on any atom is -0.464 e. The quantitative estimate of drug-likeness (QED) is 0.516. The van der Waals surface area contributed by atoms with Gasteiger partial charge in [0.25, 0.3) is 0 Å². The summed E-state index contributed by atoms with van der Waals surface area (Å²) in [5, 5.41) is 0. The number of nitrogens with zero attached hydrogens (tertiary/aromatic N) is 3. The second-order valence-electron chi connectivity index (χ2n) is 7.97. The van der Waals surface area contributed by atoms with E-state index in [-0.39, 0.29) is 17.6 Å². The van der Waals surface area contributed by atoms with E-state index in [1.165, 1.54) is 7.11 Å². The van der Waals surface area contributed by atoms with Crippen LogP contribution in [0.5, 0.6) is 0 Å². The van der Waals surface area contributed by atoms with Crippen LogP contribution in [-0.4, -0.2) is 45.3 Å². The first-order valence-electron chi connectivity index (χ1n) is 10.3. The Hall–Kier alpha value is -2.96. The molecule has 2 heterocycles. The highest BCUT2D eigenvalue weighted by atomic mass is 16.5. The summed E-state index contributed by atoms with van der Waals surface area (Å²) in [6, 6.07) is 3.05. The van der Waals surface area contributed by atoms with Crippen LogP contribution in [0.3, 0.4) is 0 Å². The Morgan fingerprint density at radius 1 is 1.23 bits per heavy atom. The summed E-state index contributed by atoms with van der Waals surface area (Å²) in [5.74, 6) is -0.662. The number of rotatable bonds is 7. The smallest absolute Gasteiger partial charge is 0.354 e. The Morgan fingerprint density at radius 3 is 2.40 bits per heavy atom. The lowest BCUT2D eigenvalue weighted by atomic mass is 9.83. The molecule has 2 aromatic rings. The number of methoxy groups -OCH3 is 1. The Balaban J connectivity index is 1.96. The molecule has 3 rings (SSSR count). The first-order valence-corrected chi connectivity index (χ1v) is 10.3. The topological polar surface area (TPSA) is 81.5 Å². The molecule has 1 atom stereocenters. The average molecular weight is 412 g/mol. The molecule has 0 N–H and O–H groups in total. The molecule has 0 aromatic carbocycles. The van der Waals surface area contributed by atoms with Crippen molar-refractivity contribution in [2.75, 3.05) is 7.11 Å². The third-order valence-electron chi connectivity index (χ3n) is 6.24. The first kappa shape index (κ1) is 21.7. The zero-order chi connectivity index (χ0) is 22.0. The molecule has 0 bridgehead atoms. The molecular weight excluding hydrogens is 382 g/mol. The number of carbonyl (C=O) groups is 3. The molecule has 1 saturated carbocycles. The molecule has 7 heteroatoms. The van der Waals surface area contributed by atoms with Crippen molar-refractivity contribution in [2.24, 2.45) is 13.0 Å². The van der Waals surface area contributed by atoms with E-state index in [0.29, 0.717) is 29.1 Å². The van der Waals surface area contributed by atoms with Gasteiger partial charge in [0.05, 0.1) is 13.2 Å². The second-order valence-corrected chi connectivity index (χ2v) is 7.97. The van der Waals surface area contributed by atoms with Gasteiger partial charge in [0, 0.05) is 43.2 Å². The lowest BCUT2D eigenvalue weighted by Crippen LogP contribution is -2.47. The lowest BCUT2D eigenvalue weighted by molar-refractivity contribution is -0.140. The molecule has 0 saturated heterocycles. The van der Waals surface area contributed by atoms with Gasteiger partial charge in [0.15, 0.2) is 5.78 Å². The summed E-state index contributed by atoms with van der Waals surface area (Å²) in [6.45, 7) is 5.67. The SMILES string of the molecule is COC(=O)c1c(C)c(C(=O)[C@H](C)N(Cc2ccncc2)C(=O)C2CCC2)c(C)n1C. The molecular formula is C23H29N3O4. The monoisotopic (exact) mass is 411 g/mol. The van der Waals surface area contributed by atoms with Gasteiger partial charge < -0.3 is 14.2 Å². The number of Topliss-reactive ketones (excluding diaryl/α,β-unsaturated/α-hetero) is 1. The third kappa shape index (κ3) is 3.88. The van der Waals surface area contributed by atoms with Crippen LogP contribution in [0.1, 0.15) is 63.9 Å². The van der Waals surface area contributed by atoms with Gasteiger partial charge in [0.1, 0.15) is 5.69 Å². The Bertz CT molecular complexity index is 961. The van der Waals surface area contributed by atoms with E-state index >= 15 is 0 Å². The molecule has 0 spiro atoms. The maximum absolute atomic E-state index is 13.6. The van der Waals surface area contributed by atoms with E-state index in [9.17, 15) is 14.4 Å². The van der Waals surface area contributed by atoms with E-state index in [1.54, 1.807) is 49.7 Å². The van der Waals surface area contributed by atoms with E-state index in [0.717, 1.165) is 24.8 Å². The molecule has 7 nitrogen and oxygen atoms in total. The van der Waals surface area contributed by atoms with Crippen molar-refractivity contribution in [2.45, 2.75) is 52.6 Å². The first-order chi connectivity index (χ1) is 14.3. The van der Waals surface area contributed by atoms with E-state index in [4.69, 9.17) is 4.74 Å². The van der Waals surface area contributed by atoms with Crippen LogP contribution in [0.25, 0.3) is 0 Å². The van der Waals surface area contributed by atoms with Crippen molar-refractivity contribution in [3.63, 3.8) is 0 Å². The minimum atomic E-state index is -0.656. The van der Waals surface area contributed by atoms with E-state index < -0.39 is 12.0 Å². The average Bonchev–Trinajstić information content (AvgIpc) is 2.92. The standard InChI is InChI=1S/C23H29N3O4/c1-14-19(15(2)25(4)20(14)23(29)30-5)21(27)16(3)26(22(28)18-7-6-8-18)13-17-9-11-24-12-10-17/h9-12,16,18H,6-8,13H2,1-5H3/t16-/m0/s1. The number of ketones is 1. The fraction of sp³-hybridized carbons (Fsp3) is 0.478. The molecule has 30 heavy (non-hydrogen) atoms. The summed E-state index contributed by atoms with van der Waals surface area (Å²) in [5.41, 5.74) is 3.03. The van der Waals surface area contributed by atoms with Crippen molar-refractivity contribution in [3.05, 3.63) is 52.6 Å². The molecule has 160 valence electrons. The van der Waals surface area contributed by atoms with Gasteiger partial charge in [-0.15, -0.1) is 0 Å². The number of pyridine rings is 1. The van der Waals surface area contributed by atoms with Crippen LogP contribution in [0, 0.1) is 19.8 Å². The molecule has 1 aliphatic rings. The Kier molecular flexibility index (Phi) is 6.39. The number of amides is 1. The van der Waals surface area contributed by atoms with Crippen molar-refractivity contribution in [1.82, 2.24) is 14.5 Å².